The van der Waals surface area contributed by atoms with E-state index >= 15 is 0 Å². The normalized spacial score (nSPS) is 15.3. The maximum Gasteiger partial charge on any atom is 0.348 e. The molecule has 0 fully saturated rings. The third kappa shape index (κ3) is 2.83. The number of hydrogen-bond donors (Lipinski definition) is 0. The lowest BCUT2D eigenvalue weighted by Crippen LogP contribution is -2.34. The van der Waals surface area contributed by atoms with E-state index in [1.54, 1.807) is 18.2 Å². The fourth-order valence-electron chi connectivity index (χ4n) is 2.31. The number of anilines is 1. The molecule has 7 heteroatoms. The molecule has 0 bridgehead atoms. The molecule has 2 aromatic carbocycles. The van der Waals surface area contributed by atoms with Gasteiger partial charge in [-0.2, -0.15) is 0 Å². The van der Waals surface area contributed by atoms with Crippen LogP contribution < -0.4 is 4.90 Å². The summed E-state index contributed by atoms with van der Waals surface area (Å²) in [6, 6.07) is 15.0. The lowest BCUT2D eigenvalue weighted by atomic mass is 10.2. The number of ether oxygens (including phenoxy) is 1. The van der Waals surface area contributed by atoms with Gasteiger partial charge in [-0.05, 0) is 17.7 Å². The minimum Gasteiger partial charge on any atom is -0.459 e. The summed E-state index contributed by atoms with van der Waals surface area (Å²) in [6.45, 7) is -0.377. The van der Waals surface area contributed by atoms with Crippen molar-refractivity contribution < 1.29 is 22.7 Å². The van der Waals surface area contributed by atoms with Gasteiger partial charge in [-0.1, -0.05) is 42.5 Å². The zero-order chi connectivity index (χ0) is 16.4. The molecule has 0 aromatic heterocycles. The summed E-state index contributed by atoms with van der Waals surface area (Å²) in [4.78, 5) is 24.8. The third-order valence-electron chi connectivity index (χ3n) is 3.43. The van der Waals surface area contributed by atoms with Crippen molar-refractivity contribution in [3.8, 4) is 0 Å². The molecule has 1 heterocycles. The lowest BCUT2D eigenvalue weighted by Gasteiger charge is -2.14. The fraction of sp³-hybridized carbons (Fsp3) is 0.125. The molecule has 0 N–H and O–H groups in total. The number of amides is 1. The molecule has 6 nitrogen and oxygen atoms in total. The minimum absolute atomic E-state index is 0.0656. The average Bonchev–Trinajstić information content (AvgIpc) is 2.75. The van der Waals surface area contributed by atoms with Gasteiger partial charge < -0.3 is 4.74 Å². The smallest absolute Gasteiger partial charge is 0.348 e. The zero-order valence-corrected chi connectivity index (χ0v) is 12.8. The molecular weight excluding hydrogens is 318 g/mol. The second kappa shape index (κ2) is 5.85. The number of carbonyl (C=O) groups excluding carboxylic acids is 2. The van der Waals surface area contributed by atoms with Crippen LogP contribution in [-0.4, -0.2) is 26.2 Å². The van der Waals surface area contributed by atoms with Gasteiger partial charge in [-0.3, -0.25) is 14.5 Å². The van der Waals surface area contributed by atoms with Crippen molar-refractivity contribution in [1.82, 2.24) is 0 Å². The standard InChI is InChI=1S/C16H13NO5S/c18-15(22-11-12-6-2-1-3-7-12)10-17-13-8-4-5-9-14(13)23(20,21)16(17)19/h1-9H,10-11H2. The highest BCUT2D eigenvalue weighted by Crippen LogP contribution is 2.34. The summed E-state index contributed by atoms with van der Waals surface area (Å²) in [5.41, 5.74) is 1.01. The maximum absolute atomic E-state index is 12.0. The quantitative estimate of drug-likeness (QED) is 0.802. The molecule has 0 radical (unpaired) electrons. The van der Waals surface area contributed by atoms with Gasteiger partial charge in [-0.15, -0.1) is 0 Å². The molecule has 3 rings (SSSR count). The van der Waals surface area contributed by atoms with Gasteiger partial charge in [0.25, 0.3) is 9.84 Å². The molecule has 0 unspecified atom stereocenters. The van der Waals surface area contributed by atoms with Crippen LogP contribution in [0.3, 0.4) is 0 Å². The van der Waals surface area contributed by atoms with E-state index in [9.17, 15) is 18.0 Å². The number of para-hydroxylation sites is 1. The van der Waals surface area contributed by atoms with Crippen LogP contribution in [-0.2, 0) is 26.0 Å². The molecular formula is C16H13NO5S. The highest BCUT2D eigenvalue weighted by molar-refractivity contribution is 8.07. The highest BCUT2D eigenvalue weighted by atomic mass is 32.2. The van der Waals surface area contributed by atoms with E-state index in [0.29, 0.717) is 0 Å². The average molecular weight is 331 g/mol. The van der Waals surface area contributed by atoms with E-state index in [2.05, 4.69) is 0 Å². The number of esters is 1. The van der Waals surface area contributed by atoms with Crippen molar-refractivity contribution in [2.24, 2.45) is 0 Å². The van der Waals surface area contributed by atoms with Crippen molar-refractivity contribution in [2.45, 2.75) is 11.5 Å². The number of hydrogen-bond acceptors (Lipinski definition) is 5. The Bertz CT molecular complexity index is 861. The first-order valence-electron chi connectivity index (χ1n) is 6.85. The molecule has 1 aliphatic heterocycles. The van der Waals surface area contributed by atoms with Crippen LogP contribution in [0.4, 0.5) is 10.5 Å². The van der Waals surface area contributed by atoms with Crippen LogP contribution in [0.1, 0.15) is 5.56 Å². The van der Waals surface area contributed by atoms with Crippen LogP contribution in [0.2, 0.25) is 0 Å². The van der Waals surface area contributed by atoms with Crippen molar-refractivity contribution in [2.75, 3.05) is 11.4 Å². The number of benzene rings is 2. The van der Waals surface area contributed by atoms with E-state index in [1.807, 2.05) is 18.2 Å². The van der Waals surface area contributed by atoms with Gasteiger partial charge >= 0.3 is 11.2 Å². The summed E-state index contributed by atoms with van der Waals surface area (Å²) in [7, 11) is -4.07. The van der Waals surface area contributed by atoms with Crippen LogP contribution >= 0.6 is 0 Å². The van der Waals surface area contributed by atoms with E-state index < -0.39 is 27.6 Å². The lowest BCUT2D eigenvalue weighted by molar-refractivity contribution is -0.143. The van der Waals surface area contributed by atoms with Crippen LogP contribution in [0.5, 0.6) is 0 Å². The summed E-state index contributed by atoms with van der Waals surface area (Å²) >= 11 is 0. The van der Waals surface area contributed by atoms with E-state index in [1.165, 1.54) is 18.2 Å². The summed E-state index contributed by atoms with van der Waals surface area (Å²) in [6.07, 6.45) is 0. The Labute approximate surface area is 133 Å². The van der Waals surface area contributed by atoms with Gasteiger partial charge in [0.2, 0.25) is 0 Å². The van der Waals surface area contributed by atoms with Crippen LogP contribution in [0.25, 0.3) is 0 Å². The van der Waals surface area contributed by atoms with Crippen molar-refractivity contribution in [3.05, 3.63) is 60.2 Å². The molecule has 0 saturated heterocycles. The molecule has 2 aromatic rings. The Morgan fingerprint density at radius 3 is 2.39 bits per heavy atom. The Hall–Kier alpha value is -2.67. The van der Waals surface area contributed by atoms with Crippen LogP contribution in [0, 0.1) is 0 Å². The number of nitrogens with zero attached hydrogens (tertiary/aromatic N) is 1. The number of sulfone groups is 1. The minimum atomic E-state index is -4.07. The Morgan fingerprint density at radius 2 is 1.65 bits per heavy atom. The molecule has 1 amide bonds. The second-order valence-corrected chi connectivity index (χ2v) is 6.77. The number of carbonyl (C=O) groups is 2. The van der Waals surface area contributed by atoms with Crippen molar-refractivity contribution in [3.63, 3.8) is 0 Å². The molecule has 0 aliphatic carbocycles. The van der Waals surface area contributed by atoms with Gasteiger partial charge in [-0.25, -0.2) is 8.42 Å². The van der Waals surface area contributed by atoms with Gasteiger partial charge in [0.1, 0.15) is 18.0 Å². The van der Waals surface area contributed by atoms with Crippen molar-refractivity contribution in [1.29, 1.82) is 0 Å². The molecule has 0 saturated carbocycles. The van der Waals surface area contributed by atoms with Crippen molar-refractivity contribution >= 4 is 26.7 Å². The Balaban J connectivity index is 1.73. The first-order valence-corrected chi connectivity index (χ1v) is 8.33. The first kappa shape index (κ1) is 15.2. The molecule has 23 heavy (non-hydrogen) atoms. The SMILES string of the molecule is O=C(CN1C(=O)S(=O)(=O)c2ccccc21)OCc1ccccc1. The summed E-state index contributed by atoms with van der Waals surface area (Å²) in [5, 5.41) is -1.10. The fourth-order valence-corrected chi connectivity index (χ4v) is 3.66. The monoisotopic (exact) mass is 331 g/mol. The highest BCUT2D eigenvalue weighted by Gasteiger charge is 2.42. The molecule has 0 atom stereocenters. The summed E-state index contributed by atoms with van der Waals surface area (Å²) in [5.74, 6) is -0.672. The second-order valence-electron chi connectivity index (χ2n) is 4.97. The molecule has 0 spiro atoms. The predicted molar refractivity (Wildman–Crippen MR) is 82.6 cm³/mol. The largest absolute Gasteiger partial charge is 0.459 e. The van der Waals surface area contributed by atoms with Gasteiger partial charge in [0.15, 0.2) is 0 Å². The Kier molecular flexibility index (Phi) is 3.87. The number of rotatable bonds is 4. The van der Waals surface area contributed by atoms with E-state index in [0.717, 1.165) is 10.5 Å². The predicted octanol–water partition coefficient (Wildman–Crippen LogP) is 2.14. The van der Waals surface area contributed by atoms with Crippen LogP contribution in [0.15, 0.2) is 59.5 Å². The summed E-state index contributed by atoms with van der Waals surface area (Å²) < 4.78 is 29.1. The maximum atomic E-state index is 12.0. The first-order chi connectivity index (χ1) is 11.0. The van der Waals surface area contributed by atoms with Gasteiger partial charge in [0.05, 0.1) is 5.69 Å². The topological polar surface area (TPSA) is 80.8 Å². The molecule has 1 aliphatic rings. The third-order valence-corrected chi connectivity index (χ3v) is 5.03. The Morgan fingerprint density at radius 1 is 1.00 bits per heavy atom. The molecule has 118 valence electrons. The van der Waals surface area contributed by atoms with E-state index in [4.69, 9.17) is 4.74 Å². The van der Waals surface area contributed by atoms with Gasteiger partial charge in [0, 0.05) is 0 Å². The number of fused-ring (bicyclic) bond motifs is 1. The van der Waals surface area contributed by atoms with E-state index in [-0.39, 0.29) is 17.2 Å². The zero-order valence-electron chi connectivity index (χ0n) is 12.0.